The number of fused-ring (bicyclic) bond motifs is 10. The number of amides is 3. The van der Waals surface area contributed by atoms with E-state index in [1.807, 2.05) is 11.0 Å². The minimum Gasteiger partial charge on any atom is -0.508 e. The second-order valence-corrected chi connectivity index (χ2v) is 12.4. The van der Waals surface area contributed by atoms with E-state index < -0.39 is 47.9 Å². The smallest absolute Gasteiger partial charge is 0.262 e. The quantitative estimate of drug-likeness (QED) is 0.302. The van der Waals surface area contributed by atoms with Gasteiger partial charge in [0.05, 0.1) is 36.4 Å². The number of aromatic hydroxyl groups is 2. The second kappa shape index (κ2) is 10.6. The highest BCUT2D eigenvalue weighted by atomic mass is 16.7. The van der Waals surface area contributed by atoms with Gasteiger partial charge in [0, 0.05) is 41.4 Å². The predicted octanol–water partition coefficient (Wildman–Crippen LogP) is 2.07. The summed E-state index contributed by atoms with van der Waals surface area (Å²) in [4.78, 5) is 43.0. The van der Waals surface area contributed by atoms with E-state index in [2.05, 4.69) is 16.7 Å². The van der Waals surface area contributed by atoms with Crippen molar-refractivity contribution in [2.75, 3.05) is 20.4 Å². The van der Waals surface area contributed by atoms with Crippen LogP contribution in [-0.2, 0) is 17.6 Å². The summed E-state index contributed by atoms with van der Waals surface area (Å²) >= 11 is 0. The molecular formula is C34H31N5O8. The van der Waals surface area contributed by atoms with Gasteiger partial charge in [0.25, 0.3) is 11.8 Å². The molecule has 1 saturated heterocycles. The Kier molecular flexibility index (Phi) is 6.57. The number of piperazine rings is 1. The molecule has 1 fully saturated rings. The Bertz CT molecular complexity index is 1890. The summed E-state index contributed by atoms with van der Waals surface area (Å²) in [5.41, 5.74) is 3.23. The molecule has 3 amide bonds. The number of nitriles is 1. The third-order valence-corrected chi connectivity index (χ3v) is 10.2. The van der Waals surface area contributed by atoms with Crippen LogP contribution in [0.15, 0.2) is 42.5 Å². The maximum Gasteiger partial charge on any atom is 0.262 e. The van der Waals surface area contributed by atoms with Crippen molar-refractivity contribution in [1.29, 1.82) is 5.26 Å². The van der Waals surface area contributed by atoms with Crippen molar-refractivity contribution in [3.8, 4) is 34.8 Å². The first-order valence-corrected chi connectivity index (χ1v) is 15.4. The van der Waals surface area contributed by atoms with Gasteiger partial charge in [-0.1, -0.05) is 18.2 Å². The Balaban J connectivity index is 1.18. The summed E-state index contributed by atoms with van der Waals surface area (Å²) in [7, 11) is 1.48. The molecule has 0 saturated carbocycles. The van der Waals surface area contributed by atoms with Crippen LogP contribution >= 0.6 is 0 Å². The Morgan fingerprint density at radius 2 is 1.87 bits per heavy atom. The topological polar surface area (TPSA) is 174 Å². The Hall–Kier alpha value is -5.32. The van der Waals surface area contributed by atoms with Gasteiger partial charge in [-0.3, -0.25) is 24.2 Å². The standard InChI is InChI=1S/C34H31N5O8/c1-15(38-33(43)17-5-3-4-6-18(17)34(38)44)32(42)36-13-23-28-19(24(40)11-26-31(28)47-14-46-26)10-21-29-27-16(7-8-25(45-2)30(27)41)9-20(37-29)22(12-35)39(21)23/h3-8,11,15,20-23,29,37,40-41H,9-10,13-14H2,1-2H3,(H,36,42)/t15-,20-,21-,22-,23-,29-/m0/s1. The van der Waals surface area contributed by atoms with Gasteiger partial charge < -0.3 is 35.1 Å². The third kappa shape index (κ3) is 4.11. The number of phenols is 2. The SMILES string of the molecule is COc1ccc2c(c1O)[C@H]1N[C@@H](C2)[C@H](C#N)N2[C@@H](CNC(=O)[C@H](C)N3C(=O)c4ccccc4C3=O)c3c(c(O)cc4c3OCO4)C[C@@H]12. The van der Waals surface area contributed by atoms with Crippen molar-refractivity contribution in [2.24, 2.45) is 0 Å². The Morgan fingerprint density at radius 3 is 2.57 bits per heavy atom. The van der Waals surface area contributed by atoms with Gasteiger partial charge in [0.1, 0.15) is 17.8 Å². The molecule has 6 atom stereocenters. The summed E-state index contributed by atoms with van der Waals surface area (Å²) in [5, 5.41) is 39.7. The minimum atomic E-state index is -1.12. The predicted molar refractivity (Wildman–Crippen MR) is 163 cm³/mol. The lowest BCUT2D eigenvalue weighted by molar-refractivity contribution is -0.125. The van der Waals surface area contributed by atoms with E-state index in [0.29, 0.717) is 46.8 Å². The van der Waals surface area contributed by atoms with Crippen LogP contribution in [0.25, 0.3) is 0 Å². The van der Waals surface area contributed by atoms with E-state index in [1.165, 1.54) is 20.1 Å². The molecule has 5 aliphatic heterocycles. The van der Waals surface area contributed by atoms with Crippen LogP contribution in [0.5, 0.6) is 28.7 Å². The highest BCUT2D eigenvalue weighted by Gasteiger charge is 2.54. The van der Waals surface area contributed by atoms with E-state index in [4.69, 9.17) is 14.2 Å². The number of benzene rings is 3. The van der Waals surface area contributed by atoms with E-state index in [-0.39, 0.29) is 42.0 Å². The molecule has 5 heterocycles. The fraction of sp³-hybridized carbons (Fsp3) is 0.353. The number of hydrogen-bond donors (Lipinski definition) is 4. The highest BCUT2D eigenvalue weighted by molar-refractivity contribution is 6.22. The highest BCUT2D eigenvalue weighted by Crippen LogP contribution is 2.54. The number of carbonyl (C=O) groups is 3. The van der Waals surface area contributed by atoms with E-state index in [9.17, 15) is 29.9 Å². The van der Waals surface area contributed by atoms with Crippen LogP contribution < -0.4 is 24.8 Å². The van der Waals surface area contributed by atoms with Gasteiger partial charge in [-0.25, -0.2) is 0 Å². The molecule has 13 nitrogen and oxygen atoms in total. The largest absolute Gasteiger partial charge is 0.508 e. The van der Waals surface area contributed by atoms with Crippen LogP contribution in [0.1, 0.15) is 62.0 Å². The van der Waals surface area contributed by atoms with Gasteiger partial charge in [0.2, 0.25) is 12.7 Å². The van der Waals surface area contributed by atoms with Crippen LogP contribution in [0, 0.1) is 11.3 Å². The lowest BCUT2D eigenvalue weighted by Gasteiger charge is -2.56. The molecule has 8 rings (SSSR count). The number of nitrogens with zero attached hydrogens (tertiary/aromatic N) is 3. The summed E-state index contributed by atoms with van der Waals surface area (Å²) in [6.07, 6.45) is 0.762. The van der Waals surface area contributed by atoms with Gasteiger partial charge >= 0.3 is 0 Å². The molecule has 13 heteroatoms. The average Bonchev–Trinajstić information content (AvgIpc) is 3.64. The second-order valence-electron chi connectivity index (χ2n) is 12.4. The minimum absolute atomic E-state index is 0.0108. The maximum atomic E-state index is 13.7. The van der Waals surface area contributed by atoms with Gasteiger partial charge in [-0.15, -0.1) is 0 Å². The molecule has 2 bridgehead atoms. The molecule has 5 aliphatic rings. The Morgan fingerprint density at radius 1 is 1.13 bits per heavy atom. The van der Waals surface area contributed by atoms with Gasteiger partial charge in [-0.05, 0) is 43.5 Å². The summed E-state index contributed by atoms with van der Waals surface area (Å²) in [6, 6.07) is 10.4. The van der Waals surface area contributed by atoms with Crippen molar-refractivity contribution in [3.63, 3.8) is 0 Å². The monoisotopic (exact) mass is 637 g/mol. The zero-order valence-electron chi connectivity index (χ0n) is 25.5. The molecule has 47 heavy (non-hydrogen) atoms. The molecule has 0 spiro atoms. The first-order valence-electron chi connectivity index (χ1n) is 15.4. The van der Waals surface area contributed by atoms with Crippen molar-refractivity contribution in [2.45, 2.75) is 56.0 Å². The van der Waals surface area contributed by atoms with Crippen molar-refractivity contribution in [3.05, 3.63) is 75.8 Å². The average molecular weight is 638 g/mol. The molecular weight excluding hydrogens is 606 g/mol. The fourth-order valence-electron chi connectivity index (χ4n) is 8.07. The third-order valence-electron chi connectivity index (χ3n) is 10.2. The molecule has 3 aromatic rings. The number of rotatable bonds is 5. The first-order chi connectivity index (χ1) is 22.7. The van der Waals surface area contributed by atoms with E-state index >= 15 is 0 Å². The van der Waals surface area contributed by atoms with Crippen molar-refractivity contribution in [1.82, 2.24) is 20.4 Å². The maximum absolute atomic E-state index is 13.7. The first kappa shape index (κ1) is 29.1. The summed E-state index contributed by atoms with van der Waals surface area (Å²) < 4.78 is 17.0. The molecule has 4 N–H and O–H groups in total. The number of phenolic OH excluding ortho intramolecular Hbond substituents is 2. The van der Waals surface area contributed by atoms with Gasteiger partial charge in [-0.2, -0.15) is 5.26 Å². The number of imide groups is 1. The molecule has 240 valence electrons. The lowest BCUT2D eigenvalue weighted by atomic mass is 9.73. The summed E-state index contributed by atoms with van der Waals surface area (Å²) in [5.74, 6) is -0.546. The zero-order chi connectivity index (χ0) is 32.7. The molecule has 0 aromatic heterocycles. The van der Waals surface area contributed by atoms with Crippen LogP contribution in [0.2, 0.25) is 0 Å². The lowest BCUT2D eigenvalue weighted by Crippen LogP contribution is -2.68. The molecule has 0 unspecified atom stereocenters. The van der Waals surface area contributed by atoms with Crippen LogP contribution in [-0.4, -0.2) is 82.3 Å². The number of methoxy groups -OCH3 is 1. The fourth-order valence-corrected chi connectivity index (χ4v) is 8.07. The molecule has 3 aromatic carbocycles. The summed E-state index contributed by atoms with van der Waals surface area (Å²) in [6.45, 7) is 1.40. The van der Waals surface area contributed by atoms with E-state index in [0.717, 1.165) is 10.5 Å². The molecule has 0 radical (unpaired) electrons. The molecule has 0 aliphatic carbocycles. The normalized spacial score (nSPS) is 25.6. The van der Waals surface area contributed by atoms with Crippen molar-refractivity contribution < 1.29 is 38.8 Å². The van der Waals surface area contributed by atoms with Crippen LogP contribution in [0.4, 0.5) is 0 Å². The number of ether oxygens (including phenoxy) is 3. The van der Waals surface area contributed by atoms with Gasteiger partial charge in [0.15, 0.2) is 23.0 Å². The number of nitrogens with one attached hydrogen (secondary N) is 2. The van der Waals surface area contributed by atoms with Crippen LogP contribution in [0.3, 0.4) is 0 Å². The van der Waals surface area contributed by atoms with E-state index in [1.54, 1.807) is 30.3 Å². The number of carbonyl (C=O) groups excluding carboxylic acids is 3. The number of hydrogen-bond acceptors (Lipinski definition) is 11. The zero-order valence-corrected chi connectivity index (χ0v) is 25.5. The Labute approximate surface area is 269 Å². The van der Waals surface area contributed by atoms with Crippen molar-refractivity contribution >= 4 is 17.7 Å².